The van der Waals surface area contributed by atoms with Crippen LogP contribution < -0.4 is 0 Å². The van der Waals surface area contributed by atoms with Crippen LogP contribution in [0.1, 0.15) is 0 Å². The van der Waals surface area contributed by atoms with Crippen molar-refractivity contribution in [2.75, 3.05) is 13.2 Å². The minimum Gasteiger partial charge on any atom is -0.394 e. The third-order valence-corrected chi connectivity index (χ3v) is 0.1000. The Morgan fingerprint density at radius 2 is 0.135 bits per heavy atom. The van der Waals surface area contributed by atoms with Crippen LogP contribution in [0.2, 0.25) is 0 Å². The molecular formula is C50H102O2. The molecule has 0 aromatic carbocycles. The van der Waals surface area contributed by atoms with Gasteiger partial charge in [-0.3, -0.25) is 0 Å². The summed E-state index contributed by atoms with van der Waals surface area (Å²) in [6, 6.07) is 0. The summed E-state index contributed by atoms with van der Waals surface area (Å²) in [5.74, 6) is 0. The van der Waals surface area contributed by atoms with E-state index in [2.05, 4.69) is 316 Å². The first-order valence-electron chi connectivity index (χ1n) is 13.1. The highest BCUT2D eigenvalue weighted by Gasteiger charge is 1.58. The summed E-state index contributed by atoms with van der Waals surface area (Å²) in [5.41, 5.74) is 0. The molecule has 0 rings (SSSR count). The predicted octanol–water partition coefficient (Wildman–Crippen LogP) is 18.2. The van der Waals surface area contributed by atoms with E-state index in [0.717, 1.165) is 0 Å². The van der Waals surface area contributed by atoms with Crippen LogP contribution in [0, 0.1) is 0 Å². The second-order valence-corrected chi connectivity index (χ2v) is 0.447. The topological polar surface area (TPSA) is 40.5 Å². The van der Waals surface area contributed by atoms with E-state index < -0.39 is 0 Å². The smallest absolute Gasteiger partial charge is 0.0662 e. The van der Waals surface area contributed by atoms with Crippen LogP contribution in [-0.4, -0.2) is 23.4 Å². The molecule has 0 fully saturated rings. The van der Waals surface area contributed by atoms with Crippen molar-refractivity contribution in [1.29, 1.82) is 0 Å². The molecule has 0 spiro atoms. The van der Waals surface area contributed by atoms with Crippen LogP contribution >= 0.6 is 0 Å². The van der Waals surface area contributed by atoms with Gasteiger partial charge in [-0.05, 0) is 0 Å². The van der Waals surface area contributed by atoms with Gasteiger partial charge in [0.2, 0.25) is 0 Å². The first-order chi connectivity index (χ1) is 25.9. The molecule has 0 unspecified atom stereocenters. The highest BCUT2D eigenvalue weighted by Crippen LogP contribution is 1.39. The molecule has 0 radical (unpaired) electrons. The van der Waals surface area contributed by atoms with E-state index in [0.29, 0.717) is 0 Å². The van der Waals surface area contributed by atoms with Crippen molar-refractivity contribution >= 4 is 0 Å². The summed E-state index contributed by atoms with van der Waals surface area (Å²) < 4.78 is 0. The van der Waals surface area contributed by atoms with E-state index in [4.69, 9.17) is 10.2 Å². The molecular weight excluding hydrogens is 633 g/mol. The Morgan fingerprint density at radius 1 is 0.115 bits per heavy atom. The minimum atomic E-state index is -0.125. The van der Waals surface area contributed by atoms with Crippen molar-refractivity contribution in [3.05, 3.63) is 316 Å². The number of aliphatic hydroxyl groups is 2. The molecule has 0 aliphatic rings. The van der Waals surface area contributed by atoms with E-state index in [1.165, 1.54) is 0 Å². The molecule has 2 nitrogen and oxygen atoms in total. The molecule has 314 valence electrons. The molecule has 2 heteroatoms. The normalized spacial score (nSPS) is 2.42. The van der Waals surface area contributed by atoms with Gasteiger partial charge in [0, 0.05) is 0 Å². The standard InChI is InChI=1S/C2H6O2.24C2H4/c3-1-2-4;24*1-2/h3-4H,1-2H2;24*1-2H2. The zero-order valence-electron chi connectivity index (χ0n) is 36.2. The van der Waals surface area contributed by atoms with Crippen LogP contribution in [0.25, 0.3) is 0 Å². The first-order valence-corrected chi connectivity index (χ1v) is 13.1. The number of aliphatic hydroxyl groups excluding tert-OH is 2. The van der Waals surface area contributed by atoms with Crippen LogP contribution in [0.3, 0.4) is 0 Å². The van der Waals surface area contributed by atoms with Crippen LogP contribution in [0.5, 0.6) is 0 Å². The predicted molar refractivity (Wildman–Crippen MR) is 284 cm³/mol. The van der Waals surface area contributed by atoms with Gasteiger partial charge in [0.15, 0.2) is 0 Å². The van der Waals surface area contributed by atoms with Gasteiger partial charge in [-0.25, -0.2) is 0 Å². The molecule has 0 aromatic heterocycles. The Labute approximate surface area is 338 Å². The van der Waals surface area contributed by atoms with Crippen molar-refractivity contribution in [2.24, 2.45) is 0 Å². The second-order valence-electron chi connectivity index (χ2n) is 0.447. The van der Waals surface area contributed by atoms with E-state index >= 15 is 0 Å². The largest absolute Gasteiger partial charge is 0.394 e. The summed E-state index contributed by atoms with van der Waals surface area (Å²) in [6.07, 6.45) is 0. The van der Waals surface area contributed by atoms with Gasteiger partial charge in [-0.2, -0.15) is 0 Å². The van der Waals surface area contributed by atoms with Gasteiger partial charge in [-0.15, -0.1) is 316 Å². The van der Waals surface area contributed by atoms with E-state index in [-0.39, 0.29) is 13.2 Å². The van der Waals surface area contributed by atoms with Gasteiger partial charge >= 0.3 is 0 Å². The second kappa shape index (κ2) is 4570. The Morgan fingerprint density at radius 3 is 0.135 bits per heavy atom. The van der Waals surface area contributed by atoms with Crippen molar-refractivity contribution in [1.82, 2.24) is 0 Å². The third kappa shape index (κ3) is 2810. The Kier molecular flexibility index (Phi) is 18700. The molecule has 0 amide bonds. The Balaban J connectivity index is -0.00000000637. The highest BCUT2D eigenvalue weighted by atomic mass is 16.3. The maximum Gasteiger partial charge on any atom is 0.0662 e. The number of hydrogen-bond acceptors (Lipinski definition) is 2. The lowest BCUT2D eigenvalue weighted by molar-refractivity contribution is 0.186. The average molecular weight is 735 g/mol. The molecule has 52 heavy (non-hydrogen) atoms. The molecule has 0 heterocycles. The molecule has 0 aromatic rings. The fourth-order valence-electron chi connectivity index (χ4n) is 0. The van der Waals surface area contributed by atoms with Crippen LogP contribution in [0.4, 0.5) is 0 Å². The third-order valence-electron chi connectivity index (χ3n) is 0.1000. The molecule has 0 saturated heterocycles. The molecule has 0 aliphatic carbocycles. The summed E-state index contributed by atoms with van der Waals surface area (Å²) in [4.78, 5) is 0. The summed E-state index contributed by atoms with van der Waals surface area (Å²) in [6.45, 7) is 144. The Bertz CT molecular complexity index is 145. The molecule has 2 N–H and O–H groups in total. The summed E-state index contributed by atoms with van der Waals surface area (Å²) >= 11 is 0. The maximum atomic E-state index is 7.62. The van der Waals surface area contributed by atoms with E-state index in [1.54, 1.807) is 0 Å². The fraction of sp³-hybridized carbons (Fsp3) is 0.0400. The highest BCUT2D eigenvalue weighted by molar-refractivity contribution is 4.27. The number of rotatable bonds is 1. The van der Waals surface area contributed by atoms with Gasteiger partial charge in [0.05, 0.1) is 13.2 Å². The molecule has 0 atom stereocenters. The Hall–Kier alpha value is -6.32. The van der Waals surface area contributed by atoms with Crippen molar-refractivity contribution < 1.29 is 10.2 Å². The van der Waals surface area contributed by atoms with Crippen LogP contribution in [-0.2, 0) is 0 Å². The minimum absolute atomic E-state index is 0.125. The van der Waals surface area contributed by atoms with Gasteiger partial charge in [0.25, 0.3) is 0 Å². The monoisotopic (exact) mass is 735 g/mol. The van der Waals surface area contributed by atoms with Crippen molar-refractivity contribution in [3.63, 3.8) is 0 Å². The lowest BCUT2D eigenvalue weighted by atomic mass is 10.8. The molecule has 0 aliphatic heterocycles. The van der Waals surface area contributed by atoms with E-state index in [9.17, 15) is 0 Å². The summed E-state index contributed by atoms with van der Waals surface area (Å²) in [7, 11) is 0. The lowest BCUT2D eigenvalue weighted by Crippen LogP contribution is -1.85. The van der Waals surface area contributed by atoms with Crippen molar-refractivity contribution in [2.45, 2.75) is 0 Å². The lowest BCUT2D eigenvalue weighted by Gasteiger charge is -1.70. The number of hydrogen-bond donors (Lipinski definition) is 2. The maximum absolute atomic E-state index is 7.62. The molecule has 0 saturated carbocycles. The van der Waals surface area contributed by atoms with Gasteiger partial charge in [0.1, 0.15) is 0 Å². The molecule has 0 bridgehead atoms. The van der Waals surface area contributed by atoms with E-state index in [1.807, 2.05) is 0 Å². The average Bonchev–Trinajstić information content (AvgIpc) is 3.39. The summed E-state index contributed by atoms with van der Waals surface area (Å²) in [5, 5.41) is 15.2. The zero-order chi connectivity index (χ0) is 51.4. The first kappa shape index (κ1) is 213. The fourth-order valence-corrected chi connectivity index (χ4v) is 0. The zero-order valence-corrected chi connectivity index (χ0v) is 36.2. The van der Waals surface area contributed by atoms with Gasteiger partial charge < -0.3 is 10.2 Å². The van der Waals surface area contributed by atoms with Crippen molar-refractivity contribution in [3.8, 4) is 0 Å². The quantitative estimate of drug-likeness (QED) is 0.263. The SMILES string of the molecule is C=C.C=C.C=C.C=C.C=C.C=C.C=C.C=C.C=C.C=C.C=C.C=C.C=C.C=C.C=C.C=C.C=C.C=C.C=C.C=C.C=C.C=C.C=C.C=C.OCCO. The van der Waals surface area contributed by atoms with Gasteiger partial charge in [-0.1, -0.05) is 0 Å². The van der Waals surface area contributed by atoms with Crippen LogP contribution in [0.15, 0.2) is 316 Å².